The van der Waals surface area contributed by atoms with Gasteiger partial charge in [-0.2, -0.15) is 5.10 Å². The Bertz CT molecular complexity index is 1860. The zero-order chi connectivity index (χ0) is 33.7. The maximum atomic E-state index is 13.2. The Labute approximate surface area is 285 Å². The van der Waals surface area contributed by atoms with Crippen molar-refractivity contribution in [2.24, 2.45) is 7.05 Å². The third-order valence-electron chi connectivity index (χ3n) is 9.63. The van der Waals surface area contributed by atoms with Crippen LogP contribution < -0.4 is 20.9 Å². The molecule has 1 aromatic heterocycles. The average Bonchev–Trinajstić information content (AvgIpc) is 3.37. The number of aryl methyl sites for hydroxylation is 1. The molecule has 250 valence electrons. The molecule has 7 rings (SSSR count). The molecule has 0 saturated carbocycles. The molecule has 0 spiro atoms. The van der Waals surface area contributed by atoms with E-state index in [4.69, 9.17) is 4.74 Å². The van der Waals surface area contributed by atoms with Crippen molar-refractivity contribution < 1.29 is 23.9 Å². The van der Waals surface area contributed by atoms with Crippen LogP contribution in [0, 0.1) is 0 Å². The Hall–Kier alpha value is -4.56. The van der Waals surface area contributed by atoms with Gasteiger partial charge >= 0.3 is 0 Å². The molecule has 4 aliphatic rings. The number of imide groups is 1. The number of hydrogen-bond donors (Lipinski definition) is 2. The first kappa shape index (κ1) is 32.0. The number of aromatic nitrogens is 2. The number of anilines is 1. The number of likely N-dealkylation sites (tertiary alicyclic amines) is 2. The Kier molecular flexibility index (Phi) is 8.54. The fourth-order valence-electron chi connectivity index (χ4n) is 7.07. The van der Waals surface area contributed by atoms with Gasteiger partial charge in [0, 0.05) is 50.3 Å². The van der Waals surface area contributed by atoms with Crippen LogP contribution in [-0.2, 0) is 23.2 Å². The molecular weight excluding hydrogens is 682 g/mol. The summed E-state index contributed by atoms with van der Waals surface area (Å²) in [5, 5.41) is 9.94. The number of nitrogens with zero attached hydrogens (tertiary/aromatic N) is 5. The van der Waals surface area contributed by atoms with E-state index in [-0.39, 0.29) is 54.3 Å². The van der Waals surface area contributed by atoms with Gasteiger partial charge in [-0.3, -0.25) is 29.3 Å². The van der Waals surface area contributed by atoms with Crippen molar-refractivity contribution in [3.8, 4) is 5.75 Å². The summed E-state index contributed by atoms with van der Waals surface area (Å²) in [7, 11) is 3.70. The van der Waals surface area contributed by atoms with Gasteiger partial charge in [-0.05, 0) is 83.2 Å². The monoisotopic (exact) mass is 717 g/mol. The molecule has 48 heavy (non-hydrogen) atoms. The number of amides is 4. The Balaban J connectivity index is 0.922. The third-order valence-corrected chi connectivity index (χ3v) is 10.4. The number of rotatable bonds is 7. The highest BCUT2D eigenvalue weighted by atomic mass is 79.9. The molecule has 2 N–H and O–H groups in total. The van der Waals surface area contributed by atoms with E-state index in [1.54, 1.807) is 30.3 Å². The molecule has 5 heterocycles. The molecule has 3 fully saturated rings. The number of carbonyl (C=O) groups excluding carboxylic acids is 4. The minimum Gasteiger partial charge on any atom is -0.487 e. The van der Waals surface area contributed by atoms with Crippen LogP contribution in [0.25, 0.3) is 0 Å². The molecule has 13 nitrogen and oxygen atoms in total. The first-order valence-corrected chi connectivity index (χ1v) is 16.8. The van der Waals surface area contributed by atoms with Gasteiger partial charge in [0.15, 0.2) is 0 Å². The van der Waals surface area contributed by atoms with Crippen LogP contribution in [0.2, 0.25) is 0 Å². The van der Waals surface area contributed by atoms with E-state index < -0.39 is 11.9 Å². The molecule has 4 aliphatic heterocycles. The van der Waals surface area contributed by atoms with Crippen LogP contribution in [0.5, 0.6) is 5.75 Å². The number of likely N-dealkylation sites (N-methyl/N-ethyl adjacent to an activating group) is 1. The van der Waals surface area contributed by atoms with Gasteiger partial charge in [-0.25, -0.2) is 4.68 Å². The molecule has 3 saturated heterocycles. The van der Waals surface area contributed by atoms with E-state index in [2.05, 4.69) is 43.6 Å². The highest BCUT2D eigenvalue weighted by Gasteiger charge is 2.40. The second-order valence-electron chi connectivity index (χ2n) is 13.1. The molecule has 0 bridgehead atoms. The van der Waals surface area contributed by atoms with Crippen LogP contribution >= 0.6 is 15.9 Å². The largest absolute Gasteiger partial charge is 0.487 e. The van der Waals surface area contributed by atoms with Crippen LogP contribution in [-0.4, -0.2) is 99.5 Å². The van der Waals surface area contributed by atoms with E-state index in [1.165, 1.54) is 9.58 Å². The highest BCUT2D eigenvalue weighted by Crippen LogP contribution is 2.32. The summed E-state index contributed by atoms with van der Waals surface area (Å²) in [6.45, 7) is 2.90. The molecule has 1 unspecified atom stereocenters. The molecule has 3 aromatic rings. The predicted molar refractivity (Wildman–Crippen MR) is 179 cm³/mol. The number of piperidine rings is 2. The Morgan fingerprint density at radius 2 is 1.79 bits per heavy atom. The maximum absolute atomic E-state index is 13.2. The number of benzene rings is 2. The number of halogens is 1. The lowest BCUT2D eigenvalue weighted by atomic mass is 9.87. The van der Waals surface area contributed by atoms with Crippen molar-refractivity contribution >= 4 is 45.2 Å². The third kappa shape index (κ3) is 6.21. The van der Waals surface area contributed by atoms with Crippen LogP contribution in [0.3, 0.4) is 0 Å². The number of hydrogen-bond acceptors (Lipinski definition) is 9. The normalized spacial score (nSPS) is 23.1. The standard InChI is InChI=1S/C34H36BrN7O6/c1-39-14-21(11-23(16-39)37-27-13-36-40(2)34(47)30(27)35)19-3-5-20(6-4-19)32(45)41-17-25(18-41)48-24-7-8-26-22(12-24)15-42(33(26)46)28-9-10-29(43)38-31(28)44/h3-8,12-13,21,23,25,28,37H,9-11,14-18H2,1-2H3,(H,38,43,44)/t21-,23+,28?/m0/s1. The number of fused-ring (bicyclic) bond motifs is 1. The molecule has 2 aromatic carbocycles. The molecule has 4 amide bonds. The Morgan fingerprint density at radius 3 is 2.54 bits per heavy atom. The van der Waals surface area contributed by atoms with Crippen molar-refractivity contribution in [2.75, 3.05) is 38.5 Å². The van der Waals surface area contributed by atoms with Crippen molar-refractivity contribution in [3.63, 3.8) is 0 Å². The number of ether oxygens (including phenoxy) is 1. The van der Waals surface area contributed by atoms with Gasteiger partial charge in [0.25, 0.3) is 17.4 Å². The number of nitrogens with one attached hydrogen (secondary N) is 2. The van der Waals surface area contributed by atoms with Gasteiger partial charge < -0.3 is 24.8 Å². The second-order valence-corrected chi connectivity index (χ2v) is 13.9. The van der Waals surface area contributed by atoms with E-state index in [0.29, 0.717) is 46.5 Å². The van der Waals surface area contributed by atoms with E-state index in [0.717, 1.165) is 30.6 Å². The minimum atomic E-state index is -0.664. The SMILES string of the molecule is CN1C[C@H](Nc2cnn(C)c(=O)c2Br)C[C@H](c2ccc(C(=O)N3CC(Oc4ccc5c(c4)CN(C4CCC(=O)NC4=O)C5=O)C3)cc2)C1. The van der Waals surface area contributed by atoms with Crippen LogP contribution in [0.4, 0.5) is 5.69 Å². The zero-order valence-corrected chi connectivity index (χ0v) is 28.2. The summed E-state index contributed by atoms with van der Waals surface area (Å²) in [4.78, 5) is 67.9. The molecule has 3 atom stereocenters. The summed E-state index contributed by atoms with van der Waals surface area (Å²) >= 11 is 3.40. The highest BCUT2D eigenvalue weighted by molar-refractivity contribution is 9.10. The van der Waals surface area contributed by atoms with Crippen molar-refractivity contribution in [2.45, 2.75) is 49.9 Å². The summed E-state index contributed by atoms with van der Waals surface area (Å²) in [5.41, 5.74) is 3.57. The summed E-state index contributed by atoms with van der Waals surface area (Å²) in [6, 6.07) is 12.6. The van der Waals surface area contributed by atoms with Gasteiger partial charge in [-0.1, -0.05) is 12.1 Å². The lowest BCUT2D eigenvalue weighted by Crippen LogP contribution is -2.56. The van der Waals surface area contributed by atoms with Crippen molar-refractivity contribution in [3.05, 3.63) is 85.7 Å². The maximum Gasteiger partial charge on any atom is 0.282 e. The lowest BCUT2D eigenvalue weighted by molar-refractivity contribution is -0.136. The quantitative estimate of drug-likeness (QED) is 0.351. The van der Waals surface area contributed by atoms with Gasteiger partial charge in [0.05, 0.1) is 25.0 Å². The van der Waals surface area contributed by atoms with Crippen molar-refractivity contribution in [1.82, 2.24) is 29.8 Å². The molecule has 14 heteroatoms. The van der Waals surface area contributed by atoms with Gasteiger partial charge in [0.2, 0.25) is 11.8 Å². The molecule has 0 aliphatic carbocycles. The minimum absolute atomic E-state index is 0.0517. The predicted octanol–water partition coefficient (Wildman–Crippen LogP) is 2.11. The molecule has 0 radical (unpaired) electrons. The van der Waals surface area contributed by atoms with E-state index >= 15 is 0 Å². The smallest absolute Gasteiger partial charge is 0.282 e. The topological polar surface area (TPSA) is 146 Å². The molecular formula is C34H36BrN7O6. The second kappa shape index (κ2) is 12.8. The number of carbonyl (C=O) groups is 4. The van der Waals surface area contributed by atoms with Crippen LogP contribution in [0.1, 0.15) is 57.0 Å². The Morgan fingerprint density at radius 1 is 1.02 bits per heavy atom. The fraction of sp³-hybridized carbons (Fsp3) is 0.412. The first-order valence-electron chi connectivity index (χ1n) is 16.0. The van der Waals surface area contributed by atoms with Crippen molar-refractivity contribution in [1.29, 1.82) is 0 Å². The van der Waals surface area contributed by atoms with Gasteiger partial charge in [-0.15, -0.1) is 0 Å². The van der Waals surface area contributed by atoms with Gasteiger partial charge in [0.1, 0.15) is 22.4 Å². The van der Waals surface area contributed by atoms with E-state index in [9.17, 15) is 24.0 Å². The summed E-state index contributed by atoms with van der Waals surface area (Å²) in [5.74, 6) is -0.172. The van der Waals surface area contributed by atoms with Crippen LogP contribution in [0.15, 0.2) is 57.9 Å². The lowest BCUT2D eigenvalue weighted by Gasteiger charge is -2.39. The summed E-state index contributed by atoms with van der Waals surface area (Å²) < 4.78 is 7.90. The first-order chi connectivity index (χ1) is 23.0. The summed E-state index contributed by atoms with van der Waals surface area (Å²) in [6.07, 6.45) is 2.88. The van der Waals surface area contributed by atoms with E-state index in [1.807, 2.05) is 30.3 Å². The average molecular weight is 719 g/mol. The zero-order valence-electron chi connectivity index (χ0n) is 26.6. The fourth-order valence-corrected chi connectivity index (χ4v) is 7.55.